The van der Waals surface area contributed by atoms with Crippen molar-refractivity contribution in [2.24, 2.45) is 0 Å². The van der Waals surface area contributed by atoms with Gasteiger partial charge in [0.15, 0.2) is 0 Å². The average Bonchev–Trinajstić information content (AvgIpc) is 2.38. The van der Waals surface area contributed by atoms with Crippen LogP contribution < -0.4 is 0 Å². The van der Waals surface area contributed by atoms with E-state index in [9.17, 15) is 0 Å². The van der Waals surface area contributed by atoms with E-state index in [1.54, 1.807) is 0 Å². The fraction of sp³-hybridized carbons (Fsp3) is 0.789. The van der Waals surface area contributed by atoms with Gasteiger partial charge in [0, 0.05) is 6.42 Å². The molecule has 0 bridgehead atoms. The predicted molar refractivity (Wildman–Crippen MR) is 95.4 cm³/mol. The Labute approximate surface area is 129 Å². The normalized spacial score (nSPS) is 10.4. The van der Waals surface area contributed by atoms with Gasteiger partial charge in [0.05, 0.1) is 0 Å². The lowest BCUT2D eigenvalue weighted by atomic mass is 10.1. The Morgan fingerprint density at radius 3 is 1.65 bits per heavy atom. The molecule has 0 saturated heterocycles. The molecule has 0 unspecified atom stereocenters. The zero-order valence-corrected chi connectivity index (χ0v) is 15.3. The molecule has 0 spiro atoms. The van der Waals surface area contributed by atoms with Gasteiger partial charge in [0.1, 0.15) is 8.07 Å². The van der Waals surface area contributed by atoms with Crippen molar-refractivity contribution in [2.75, 3.05) is 0 Å². The molecule has 0 aliphatic rings. The molecule has 0 fully saturated rings. The van der Waals surface area contributed by atoms with Crippen molar-refractivity contribution in [1.82, 2.24) is 0 Å². The van der Waals surface area contributed by atoms with Crippen LogP contribution in [0.1, 0.15) is 77.6 Å². The minimum absolute atomic E-state index is 1.02. The molecule has 0 radical (unpaired) electrons. The van der Waals surface area contributed by atoms with E-state index in [2.05, 4.69) is 49.9 Å². The Bertz CT molecular complexity index is 327. The van der Waals surface area contributed by atoms with Gasteiger partial charge >= 0.3 is 0 Å². The van der Waals surface area contributed by atoms with Crippen molar-refractivity contribution in [1.29, 1.82) is 0 Å². The first-order valence-corrected chi connectivity index (χ1v) is 12.1. The Morgan fingerprint density at radius 1 is 0.650 bits per heavy atom. The van der Waals surface area contributed by atoms with Crippen LogP contribution in [0, 0.1) is 23.3 Å². The molecule has 0 amide bonds. The van der Waals surface area contributed by atoms with Gasteiger partial charge in [-0.2, -0.15) is 0 Å². The van der Waals surface area contributed by atoms with E-state index < -0.39 is 8.07 Å². The second-order valence-electron chi connectivity index (χ2n) is 6.73. The molecule has 20 heavy (non-hydrogen) atoms. The van der Waals surface area contributed by atoms with Crippen molar-refractivity contribution < 1.29 is 0 Å². The van der Waals surface area contributed by atoms with E-state index in [4.69, 9.17) is 0 Å². The molecule has 0 aromatic rings. The third-order valence-electron chi connectivity index (χ3n) is 3.24. The fourth-order valence-corrected chi connectivity index (χ4v) is 2.46. The molecule has 0 N–H and O–H groups in total. The van der Waals surface area contributed by atoms with Crippen molar-refractivity contribution >= 4 is 8.07 Å². The minimum atomic E-state index is -1.22. The first-order valence-electron chi connectivity index (χ1n) is 8.56. The highest BCUT2D eigenvalue weighted by atomic mass is 28.3. The summed E-state index contributed by atoms with van der Waals surface area (Å²) in [5, 5.41) is 0. The maximum Gasteiger partial charge on any atom is 0.130 e. The molecule has 0 aromatic heterocycles. The van der Waals surface area contributed by atoms with Crippen LogP contribution in [-0.2, 0) is 0 Å². The van der Waals surface area contributed by atoms with Crippen LogP contribution in [0.2, 0.25) is 19.6 Å². The number of hydrogen-bond donors (Lipinski definition) is 0. The highest BCUT2D eigenvalue weighted by molar-refractivity contribution is 6.83. The monoisotopic (exact) mass is 290 g/mol. The second-order valence-corrected chi connectivity index (χ2v) is 11.5. The summed E-state index contributed by atoms with van der Waals surface area (Å²) in [6.45, 7) is 9.04. The summed E-state index contributed by atoms with van der Waals surface area (Å²) in [5.74, 6) is 9.19. The summed E-state index contributed by atoms with van der Waals surface area (Å²) in [4.78, 5) is 0. The number of rotatable bonds is 10. The van der Waals surface area contributed by atoms with Gasteiger partial charge in [-0.25, -0.2) is 0 Å². The van der Waals surface area contributed by atoms with Crippen LogP contribution in [-0.4, -0.2) is 8.07 Å². The Morgan fingerprint density at radius 2 is 1.15 bits per heavy atom. The minimum Gasteiger partial charge on any atom is -0.118 e. The van der Waals surface area contributed by atoms with Gasteiger partial charge in [-0.3, -0.25) is 0 Å². The summed E-state index contributed by atoms with van der Waals surface area (Å²) in [5.41, 5.74) is 3.28. The molecule has 0 aromatic carbocycles. The summed E-state index contributed by atoms with van der Waals surface area (Å²) in [6, 6.07) is 0. The third kappa shape index (κ3) is 17.3. The van der Waals surface area contributed by atoms with Crippen LogP contribution in [0.25, 0.3) is 0 Å². The smallest absolute Gasteiger partial charge is 0.118 e. The SMILES string of the molecule is CCCCCCCCCCCCC#CC#C[Si](C)(C)C. The molecule has 114 valence electrons. The molecular weight excluding hydrogens is 256 g/mol. The van der Waals surface area contributed by atoms with Gasteiger partial charge in [0.2, 0.25) is 0 Å². The summed E-state index contributed by atoms with van der Waals surface area (Å²) >= 11 is 0. The second kappa shape index (κ2) is 13.3. The number of hydrogen-bond acceptors (Lipinski definition) is 0. The maximum atomic E-state index is 3.28. The van der Waals surface area contributed by atoms with E-state index in [1.807, 2.05) is 0 Å². The lowest BCUT2D eigenvalue weighted by Crippen LogP contribution is -2.16. The fourth-order valence-electron chi connectivity index (χ4n) is 2.03. The standard InChI is InChI=1S/C19H34Si/c1-5-6-7-8-9-10-11-12-13-14-15-16-17-18-19-20(2,3)4/h5-15H2,1-4H3. The molecule has 0 heterocycles. The Balaban J connectivity index is 3.29. The highest BCUT2D eigenvalue weighted by Crippen LogP contribution is 2.10. The average molecular weight is 291 g/mol. The van der Waals surface area contributed by atoms with E-state index in [1.165, 1.54) is 64.2 Å². The predicted octanol–water partition coefficient (Wildman–Crippen LogP) is 6.18. The molecular formula is C19H34Si. The van der Waals surface area contributed by atoms with Gasteiger partial charge in [0.25, 0.3) is 0 Å². The van der Waals surface area contributed by atoms with Crippen LogP contribution in [0.5, 0.6) is 0 Å². The highest BCUT2D eigenvalue weighted by Gasteiger charge is 2.06. The van der Waals surface area contributed by atoms with Crippen molar-refractivity contribution in [3.8, 4) is 23.3 Å². The zero-order chi connectivity index (χ0) is 15.1. The summed E-state index contributed by atoms with van der Waals surface area (Å²) in [6.07, 6.45) is 14.9. The van der Waals surface area contributed by atoms with E-state index in [-0.39, 0.29) is 0 Å². The first-order chi connectivity index (χ1) is 9.56. The van der Waals surface area contributed by atoms with Crippen LogP contribution in [0.4, 0.5) is 0 Å². The first kappa shape index (κ1) is 19.3. The summed E-state index contributed by atoms with van der Waals surface area (Å²) in [7, 11) is -1.22. The van der Waals surface area contributed by atoms with E-state index in [0.29, 0.717) is 0 Å². The van der Waals surface area contributed by atoms with Crippen molar-refractivity contribution in [2.45, 2.75) is 97.2 Å². The Hall–Kier alpha value is -0.663. The van der Waals surface area contributed by atoms with Gasteiger partial charge in [-0.15, -0.1) is 5.54 Å². The topological polar surface area (TPSA) is 0 Å². The summed E-state index contributed by atoms with van der Waals surface area (Å²) < 4.78 is 0. The quantitative estimate of drug-likeness (QED) is 0.256. The van der Waals surface area contributed by atoms with Gasteiger partial charge in [-0.05, 0) is 18.3 Å². The molecule has 0 aliphatic heterocycles. The number of unbranched alkanes of at least 4 members (excludes halogenated alkanes) is 10. The maximum absolute atomic E-state index is 3.28. The molecule has 0 aliphatic carbocycles. The molecule has 1 heteroatoms. The molecule has 0 nitrogen and oxygen atoms in total. The van der Waals surface area contributed by atoms with Crippen LogP contribution in [0.3, 0.4) is 0 Å². The van der Waals surface area contributed by atoms with Crippen molar-refractivity contribution in [3.63, 3.8) is 0 Å². The van der Waals surface area contributed by atoms with Gasteiger partial charge in [-0.1, -0.05) is 90.3 Å². The van der Waals surface area contributed by atoms with E-state index >= 15 is 0 Å². The van der Waals surface area contributed by atoms with Gasteiger partial charge < -0.3 is 0 Å². The molecule has 0 saturated carbocycles. The van der Waals surface area contributed by atoms with Crippen molar-refractivity contribution in [3.05, 3.63) is 0 Å². The lowest BCUT2D eigenvalue weighted by Gasteiger charge is -2.01. The van der Waals surface area contributed by atoms with Crippen LogP contribution in [0.15, 0.2) is 0 Å². The Kier molecular flexibility index (Phi) is 12.9. The molecule has 0 atom stereocenters. The molecule has 0 rings (SSSR count). The lowest BCUT2D eigenvalue weighted by molar-refractivity contribution is 0.558. The van der Waals surface area contributed by atoms with Crippen LogP contribution >= 0.6 is 0 Å². The zero-order valence-electron chi connectivity index (χ0n) is 14.3. The largest absolute Gasteiger partial charge is 0.130 e. The van der Waals surface area contributed by atoms with E-state index in [0.717, 1.165) is 6.42 Å². The third-order valence-corrected chi connectivity index (χ3v) is 4.12.